The van der Waals surface area contributed by atoms with Crippen molar-refractivity contribution in [1.29, 1.82) is 0 Å². The average Bonchev–Trinajstić information content (AvgIpc) is 2.33. The number of nitrogens with one attached hydrogen (secondary N) is 1. The Labute approximate surface area is 73.0 Å². The van der Waals surface area contributed by atoms with Crippen molar-refractivity contribution in [2.45, 2.75) is 19.1 Å². The fraction of sp³-hybridized carbons (Fsp3) is 0.571. The highest BCUT2D eigenvalue weighted by molar-refractivity contribution is 4.95. The molecule has 0 amide bonds. The van der Waals surface area contributed by atoms with Gasteiger partial charge in [-0.05, 0) is 7.05 Å². The van der Waals surface area contributed by atoms with Crippen LogP contribution in [0.4, 0.5) is 13.2 Å². The first-order valence-corrected chi connectivity index (χ1v) is 3.66. The third-order valence-electron chi connectivity index (χ3n) is 1.30. The van der Waals surface area contributed by atoms with E-state index in [1.54, 1.807) is 7.05 Å². The van der Waals surface area contributed by atoms with Gasteiger partial charge in [0.15, 0.2) is 0 Å². The molecule has 0 aliphatic rings. The zero-order chi connectivity index (χ0) is 9.90. The summed E-state index contributed by atoms with van der Waals surface area (Å²) < 4.78 is 40.3. The van der Waals surface area contributed by atoms with Gasteiger partial charge >= 0.3 is 6.18 Å². The molecule has 0 aliphatic carbocycles. The molecule has 0 unspecified atom stereocenters. The van der Waals surface area contributed by atoms with E-state index in [1.165, 1.54) is 0 Å². The first-order chi connectivity index (χ1) is 6.01. The third kappa shape index (κ3) is 3.45. The Balaban J connectivity index is 2.59. The minimum Gasteiger partial charge on any atom is -0.444 e. The van der Waals surface area contributed by atoms with E-state index >= 15 is 0 Å². The summed E-state index contributed by atoms with van der Waals surface area (Å²) in [7, 11) is 1.66. The maximum atomic E-state index is 11.8. The largest absolute Gasteiger partial charge is 0.444 e. The highest BCUT2D eigenvalue weighted by Crippen LogP contribution is 2.21. The van der Waals surface area contributed by atoms with E-state index in [0.29, 0.717) is 6.54 Å². The summed E-state index contributed by atoms with van der Waals surface area (Å²) in [6.07, 6.45) is -4.21. The van der Waals surface area contributed by atoms with Crippen molar-refractivity contribution in [1.82, 2.24) is 10.3 Å². The first-order valence-electron chi connectivity index (χ1n) is 3.66. The summed E-state index contributed by atoms with van der Waals surface area (Å²) >= 11 is 0. The van der Waals surface area contributed by atoms with Crippen LogP contribution < -0.4 is 5.32 Å². The van der Waals surface area contributed by atoms with Gasteiger partial charge in [-0.1, -0.05) is 0 Å². The van der Waals surface area contributed by atoms with Gasteiger partial charge in [-0.2, -0.15) is 13.2 Å². The van der Waals surface area contributed by atoms with Crippen molar-refractivity contribution in [3.8, 4) is 0 Å². The second kappa shape index (κ2) is 3.78. The van der Waals surface area contributed by atoms with Gasteiger partial charge in [0.1, 0.15) is 12.2 Å². The molecule has 0 bridgehead atoms. The number of aromatic nitrogens is 1. The average molecular weight is 194 g/mol. The van der Waals surface area contributed by atoms with E-state index in [4.69, 9.17) is 4.42 Å². The molecule has 3 nitrogen and oxygen atoms in total. The maximum absolute atomic E-state index is 11.8. The standard InChI is InChI=1S/C7H9F3N2O/c1-11-4-6-12-3-5(13-6)2-7(8,9)10/h3,11H,2,4H2,1H3. The van der Waals surface area contributed by atoms with Gasteiger partial charge in [-0.15, -0.1) is 0 Å². The molecule has 1 aromatic heterocycles. The Kier molecular flexibility index (Phi) is 2.92. The minimum atomic E-state index is -4.24. The van der Waals surface area contributed by atoms with Gasteiger partial charge in [-0.25, -0.2) is 4.98 Å². The van der Waals surface area contributed by atoms with Crippen LogP contribution in [0, 0.1) is 0 Å². The summed E-state index contributed by atoms with van der Waals surface area (Å²) in [5.74, 6) is 0.111. The van der Waals surface area contributed by atoms with E-state index < -0.39 is 12.6 Å². The maximum Gasteiger partial charge on any atom is 0.396 e. The van der Waals surface area contributed by atoms with Crippen molar-refractivity contribution in [3.63, 3.8) is 0 Å². The fourth-order valence-electron chi connectivity index (χ4n) is 0.860. The Morgan fingerprint density at radius 2 is 2.23 bits per heavy atom. The summed E-state index contributed by atoms with van der Waals surface area (Å²) in [6.45, 7) is 0.331. The molecule has 6 heteroatoms. The SMILES string of the molecule is CNCc1ncc(CC(F)(F)F)o1. The quantitative estimate of drug-likeness (QED) is 0.792. The molecular formula is C7H9F3N2O. The molecular weight excluding hydrogens is 185 g/mol. The molecule has 13 heavy (non-hydrogen) atoms. The van der Waals surface area contributed by atoms with Crippen LogP contribution in [0.15, 0.2) is 10.6 Å². The summed E-state index contributed by atoms with van der Waals surface area (Å²) in [5.41, 5.74) is 0. The number of oxazole rings is 1. The number of rotatable bonds is 3. The van der Waals surface area contributed by atoms with E-state index in [-0.39, 0.29) is 11.7 Å². The smallest absolute Gasteiger partial charge is 0.396 e. The molecule has 0 radical (unpaired) electrons. The lowest BCUT2D eigenvalue weighted by Crippen LogP contribution is -2.10. The number of hydrogen-bond acceptors (Lipinski definition) is 3. The molecule has 0 fully saturated rings. The molecule has 0 atom stereocenters. The Bertz CT molecular complexity index is 269. The fourth-order valence-corrected chi connectivity index (χ4v) is 0.860. The molecule has 0 aliphatic heterocycles. The van der Waals surface area contributed by atoms with Gasteiger partial charge in [0.05, 0.1) is 12.7 Å². The Morgan fingerprint density at radius 1 is 1.54 bits per heavy atom. The van der Waals surface area contributed by atoms with Crippen LogP contribution in [0.5, 0.6) is 0 Å². The third-order valence-corrected chi connectivity index (χ3v) is 1.30. The van der Waals surface area contributed by atoms with Gasteiger partial charge in [0.2, 0.25) is 5.89 Å². The monoisotopic (exact) mass is 194 g/mol. The van der Waals surface area contributed by atoms with Crippen LogP contribution in [0.25, 0.3) is 0 Å². The number of halogens is 3. The van der Waals surface area contributed by atoms with E-state index in [9.17, 15) is 13.2 Å². The second-order valence-corrected chi connectivity index (χ2v) is 2.54. The lowest BCUT2D eigenvalue weighted by Gasteiger charge is -2.01. The molecule has 0 saturated heterocycles. The number of hydrogen-bond donors (Lipinski definition) is 1. The lowest BCUT2D eigenvalue weighted by molar-refractivity contribution is -0.130. The van der Waals surface area contributed by atoms with Gasteiger partial charge in [0.25, 0.3) is 0 Å². The summed E-state index contributed by atoms with van der Waals surface area (Å²) in [4.78, 5) is 3.66. The topological polar surface area (TPSA) is 38.1 Å². The van der Waals surface area contributed by atoms with E-state index in [2.05, 4.69) is 10.3 Å². The highest BCUT2D eigenvalue weighted by Gasteiger charge is 2.29. The van der Waals surface area contributed by atoms with Crippen LogP contribution in [-0.2, 0) is 13.0 Å². The van der Waals surface area contributed by atoms with Crippen LogP contribution in [0.3, 0.4) is 0 Å². The van der Waals surface area contributed by atoms with Gasteiger partial charge in [-0.3, -0.25) is 0 Å². The first kappa shape index (κ1) is 10.0. The van der Waals surface area contributed by atoms with E-state index in [1.807, 2.05) is 0 Å². The molecule has 1 aromatic rings. The van der Waals surface area contributed by atoms with Crippen molar-refractivity contribution < 1.29 is 17.6 Å². The molecule has 1 N–H and O–H groups in total. The molecule has 0 aromatic carbocycles. The Hall–Kier alpha value is -1.04. The summed E-state index contributed by atoms with van der Waals surface area (Å²) in [5, 5.41) is 2.72. The van der Waals surface area contributed by atoms with Crippen molar-refractivity contribution in [2.75, 3.05) is 7.05 Å². The lowest BCUT2D eigenvalue weighted by atomic mass is 10.3. The number of alkyl halides is 3. The number of nitrogens with zero attached hydrogens (tertiary/aromatic N) is 1. The van der Waals surface area contributed by atoms with Crippen molar-refractivity contribution in [2.24, 2.45) is 0 Å². The van der Waals surface area contributed by atoms with E-state index in [0.717, 1.165) is 6.20 Å². The highest BCUT2D eigenvalue weighted by atomic mass is 19.4. The zero-order valence-corrected chi connectivity index (χ0v) is 6.98. The molecule has 0 saturated carbocycles. The predicted octanol–water partition coefficient (Wildman–Crippen LogP) is 1.50. The molecule has 1 rings (SSSR count). The second-order valence-electron chi connectivity index (χ2n) is 2.54. The minimum absolute atomic E-state index is 0.155. The molecule has 1 heterocycles. The normalized spacial score (nSPS) is 12.0. The zero-order valence-electron chi connectivity index (χ0n) is 6.98. The van der Waals surface area contributed by atoms with Crippen LogP contribution >= 0.6 is 0 Å². The van der Waals surface area contributed by atoms with Crippen LogP contribution in [0.1, 0.15) is 11.7 Å². The predicted molar refractivity (Wildman–Crippen MR) is 39.0 cm³/mol. The molecule has 0 spiro atoms. The van der Waals surface area contributed by atoms with Crippen LogP contribution in [-0.4, -0.2) is 18.2 Å². The van der Waals surface area contributed by atoms with Crippen molar-refractivity contribution >= 4 is 0 Å². The van der Waals surface area contributed by atoms with Gasteiger partial charge < -0.3 is 9.73 Å². The van der Waals surface area contributed by atoms with Gasteiger partial charge in [0, 0.05) is 0 Å². The summed E-state index contributed by atoms with van der Waals surface area (Å²) in [6, 6.07) is 0. The van der Waals surface area contributed by atoms with Crippen LogP contribution in [0.2, 0.25) is 0 Å². The van der Waals surface area contributed by atoms with Crippen molar-refractivity contribution in [3.05, 3.63) is 17.8 Å². The molecule has 74 valence electrons. The Morgan fingerprint density at radius 3 is 2.77 bits per heavy atom.